The van der Waals surface area contributed by atoms with Gasteiger partial charge in [-0.05, 0) is 23.6 Å². The molecule has 0 aliphatic carbocycles. The van der Waals surface area contributed by atoms with Crippen molar-refractivity contribution < 1.29 is 13.2 Å². The summed E-state index contributed by atoms with van der Waals surface area (Å²) in [4.78, 5) is 1.16. The van der Waals surface area contributed by atoms with Crippen molar-refractivity contribution in [3.63, 3.8) is 0 Å². The molecule has 1 heterocycles. The van der Waals surface area contributed by atoms with Crippen molar-refractivity contribution in [1.29, 1.82) is 0 Å². The van der Waals surface area contributed by atoms with Crippen molar-refractivity contribution in [2.45, 2.75) is 11.5 Å². The summed E-state index contributed by atoms with van der Waals surface area (Å²) < 4.78 is 28.5. The number of rotatable bonds is 4. The van der Waals surface area contributed by atoms with Crippen LogP contribution in [0.4, 0.5) is 5.69 Å². The number of hydrogen-bond donors (Lipinski definition) is 1. The van der Waals surface area contributed by atoms with Crippen molar-refractivity contribution in [3.05, 3.63) is 40.6 Å². The smallest absolute Gasteiger partial charge is 0.177 e. The molecule has 2 aromatic rings. The maximum atomic E-state index is 11.5. The van der Waals surface area contributed by atoms with E-state index in [-0.39, 0.29) is 10.6 Å². The van der Waals surface area contributed by atoms with Gasteiger partial charge in [-0.15, -0.1) is 11.3 Å². The normalized spacial score (nSPS) is 11.4. The summed E-state index contributed by atoms with van der Waals surface area (Å²) >= 11 is 1.57. The fourth-order valence-electron chi connectivity index (χ4n) is 1.52. The summed E-state index contributed by atoms with van der Waals surface area (Å²) in [6, 6.07) is 8.64. The number of hydrogen-bond acceptors (Lipinski definition) is 5. The van der Waals surface area contributed by atoms with E-state index in [1.54, 1.807) is 23.5 Å². The molecule has 96 valence electrons. The zero-order chi connectivity index (χ0) is 13.2. The molecule has 0 saturated heterocycles. The maximum Gasteiger partial charge on any atom is 0.177 e. The average Bonchev–Trinajstić information content (AvgIpc) is 2.79. The number of thiophene rings is 1. The van der Waals surface area contributed by atoms with Crippen molar-refractivity contribution in [2.75, 3.05) is 12.0 Å². The van der Waals surface area contributed by atoms with Gasteiger partial charge < -0.3 is 10.5 Å². The Morgan fingerprint density at radius 1 is 1.28 bits per heavy atom. The van der Waals surface area contributed by atoms with Crippen LogP contribution in [0.3, 0.4) is 0 Å². The van der Waals surface area contributed by atoms with Crippen LogP contribution in [0.2, 0.25) is 0 Å². The molecule has 18 heavy (non-hydrogen) atoms. The number of sulfone groups is 1. The monoisotopic (exact) mass is 283 g/mol. The lowest BCUT2D eigenvalue weighted by atomic mass is 10.3. The number of nitrogen functional groups attached to an aromatic ring is 1. The first-order valence-corrected chi connectivity index (χ1v) is 7.99. The van der Waals surface area contributed by atoms with Gasteiger partial charge in [0, 0.05) is 11.1 Å². The Hall–Kier alpha value is -1.53. The van der Waals surface area contributed by atoms with Crippen LogP contribution >= 0.6 is 11.3 Å². The average molecular weight is 283 g/mol. The van der Waals surface area contributed by atoms with Crippen molar-refractivity contribution in [1.82, 2.24) is 0 Å². The zero-order valence-electron chi connectivity index (χ0n) is 9.79. The molecule has 1 aromatic heterocycles. The van der Waals surface area contributed by atoms with Crippen LogP contribution in [0.25, 0.3) is 0 Å². The predicted molar refractivity (Wildman–Crippen MR) is 72.6 cm³/mol. The second kappa shape index (κ2) is 4.99. The second-order valence-corrected chi connectivity index (χ2v) is 6.82. The summed E-state index contributed by atoms with van der Waals surface area (Å²) in [6.07, 6.45) is 1.13. The Balaban J connectivity index is 2.24. The number of ether oxygens (including phenoxy) is 1. The van der Waals surface area contributed by atoms with E-state index in [1.807, 2.05) is 17.5 Å². The molecule has 0 radical (unpaired) electrons. The summed E-state index contributed by atoms with van der Waals surface area (Å²) in [7, 11) is -3.33. The molecular weight excluding hydrogens is 270 g/mol. The Morgan fingerprint density at radius 3 is 2.67 bits per heavy atom. The van der Waals surface area contributed by atoms with E-state index in [0.29, 0.717) is 12.4 Å². The molecule has 6 heteroatoms. The van der Waals surface area contributed by atoms with Gasteiger partial charge in [0.05, 0.1) is 10.6 Å². The van der Waals surface area contributed by atoms with Gasteiger partial charge in [0.2, 0.25) is 0 Å². The molecular formula is C12H13NO3S2. The van der Waals surface area contributed by atoms with Gasteiger partial charge in [-0.1, -0.05) is 12.1 Å². The molecule has 0 amide bonds. The minimum absolute atomic E-state index is 0.103. The zero-order valence-corrected chi connectivity index (χ0v) is 11.4. The number of nitrogens with two attached hydrogens (primary N) is 1. The van der Waals surface area contributed by atoms with E-state index >= 15 is 0 Å². The molecule has 2 rings (SSSR count). The summed E-state index contributed by atoms with van der Waals surface area (Å²) in [5, 5.41) is 1.95. The first-order valence-electron chi connectivity index (χ1n) is 5.22. The molecule has 0 aliphatic heterocycles. The molecule has 0 fully saturated rings. The lowest BCUT2D eigenvalue weighted by Crippen LogP contribution is -2.05. The van der Waals surface area contributed by atoms with Gasteiger partial charge in [-0.3, -0.25) is 0 Å². The highest BCUT2D eigenvalue weighted by Gasteiger charge is 2.14. The topological polar surface area (TPSA) is 69.4 Å². The molecule has 1 aromatic carbocycles. The summed E-state index contributed by atoms with van der Waals surface area (Å²) in [5.41, 5.74) is 5.97. The first kappa shape index (κ1) is 12.9. The van der Waals surface area contributed by atoms with Gasteiger partial charge in [-0.25, -0.2) is 8.42 Å². The van der Waals surface area contributed by atoms with Crippen LogP contribution in [0.1, 0.15) is 4.88 Å². The van der Waals surface area contributed by atoms with Crippen molar-refractivity contribution >= 4 is 26.9 Å². The third kappa shape index (κ3) is 2.83. The van der Waals surface area contributed by atoms with Gasteiger partial charge >= 0.3 is 0 Å². The van der Waals surface area contributed by atoms with Gasteiger partial charge in [-0.2, -0.15) is 0 Å². The molecule has 0 aliphatic rings. The highest BCUT2D eigenvalue weighted by molar-refractivity contribution is 7.90. The van der Waals surface area contributed by atoms with E-state index in [2.05, 4.69) is 0 Å². The van der Waals surface area contributed by atoms with Gasteiger partial charge in [0.15, 0.2) is 9.84 Å². The highest BCUT2D eigenvalue weighted by atomic mass is 32.2. The third-order valence-electron chi connectivity index (χ3n) is 2.38. The maximum absolute atomic E-state index is 11.5. The number of benzene rings is 1. The molecule has 0 atom stereocenters. The van der Waals surface area contributed by atoms with Gasteiger partial charge in [0.25, 0.3) is 0 Å². The minimum Gasteiger partial charge on any atom is -0.486 e. The van der Waals surface area contributed by atoms with E-state index in [9.17, 15) is 8.42 Å². The van der Waals surface area contributed by atoms with Crippen LogP contribution in [-0.2, 0) is 16.4 Å². The Morgan fingerprint density at radius 2 is 2.06 bits per heavy atom. The van der Waals surface area contributed by atoms with Crippen LogP contribution in [0.15, 0.2) is 40.6 Å². The van der Waals surface area contributed by atoms with E-state index in [4.69, 9.17) is 10.5 Å². The molecule has 0 spiro atoms. The van der Waals surface area contributed by atoms with Gasteiger partial charge in [0.1, 0.15) is 12.4 Å². The number of anilines is 1. The summed E-state index contributed by atoms with van der Waals surface area (Å²) in [5.74, 6) is 0.395. The van der Waals surface area contributed by atoms with Crippen molar-refractivity contribution in [3.8, 4) is 5.75 Å². The fourth-order valence-corrected chi connectivity index (χ4v) is 2.96. The Bertz CT molecular complexity index is 633. The van der Waals surface area contributed by atoms with E-state index in [0.717, 1.165) is 11.1 Å². The third-order valence-corrected chi connectivity index (χ3v) is 4.38. The lowest BCUT2D eigenvalue weighted by Gasteiger charge is -2.10. The SMILES string of the molecule is CS(=O)(=O)c1cccc(OCc2cccs2)c1N. The van der Waals surface area contributed by atoms with E-state index < -0.39 is 9.84 Å². The minimum atomic E-state index is -3.33. The Labute approximate surface area is 110 Å². The van der Waals surface area contributed by atoms with E-state index in [1.165, 1.54) is 6.07 Å². The fraction of sp³-hybridized carbons (Fsp3) is 0.167. The predicted octanol–water partition coefficient (Wildman–Crippen LogP) is 2.31. The quantitative estimate of drug-likeness (QED) is 0.874. The van der Waals surface area contributed by atoms with Crippen molar-refractivity contribution in [2.24, 2.45) is 0 Å². The lowest BCUT2D eigenvalue weighted by molar-refractivity contribution is 0.311. The molecule has 0 bridgehead atoms. The van der Waals surface area contributed by atoms with Crippen LogP contribution in [0, 0.1) is 0 Å². The second-order valence-electron chi connectivity index (χ2n) is 3.81. The molecule has 0 unspecified atom stereocenters. The largest absolute Gasteiger partial charge is 0.486 e. The Kier molecular flexibility index (Phi) is 3.58. The standard InChI is InChI=1S/C12H13NO3S2/c1-18(14,15)11-6-2-5-10(12(11)13)16-8-9-4-3-7-17-9/h2-7H,8,13H2,1H3. The molecule has 0 saturated carbocycles. The summed E-state index contributed by atoms with van der Waals surface area (Å²) in [6.45, 7) is 0.384. The molecule has 4 nitrogen and oxygen atoms in total. The van der Waals surface area contributed by atoms with Crippen LogP contribution in [0.5, 0.6) is 5.75 Å². The molecule has 2 N–H and O–H groups in total. The number of para-hydroxylation sites is 1. The van der Waals surface area contributed by atoms with Crippen LogP contribution < -0.4 is 10.5 Å². The van der Waals surface area contributed by atoms with Crippen LogP contribution in [-0.4, -0.2) is 14.7 Å². The highest BCUT2D eigenvalue weighted by Crippen LogP contribution is 2.29. The first-order chi connectivity index (χ1) is 8.48.